The Morgan fingerprint density at radius 1 is 1.33 bits per heavy atom. The number of nitrogens with zero attached hydrogens (tertiary/aromatic N) is 1. The van der Waals surface area contributed by atoms with Crippen molar-refractivity contribution in [2.24, 2.45) is 0 Å². The summed E-state index contributed by atoms with van der Waals surface area (Å²) in [5, 5.41) is 0. The maximum atomic E-state index is 13.7. The fraction of sp³-hybridized carbons (Fsp3) is 0.417. The molecule has 1 amide bonds. The minimum absolute atomic E-state index is 0.234. The van der Waals surface area contributed by atoms with E-state index in [1.54, 1.807) is 20.8 Å². The highest BCUT2D eigenvalue weighted by molar-refractivity contribution is 5.88. The average molecular weight is 258 g/mol. The maximum Gasteiger partial charge on any atom is 0.414 e. The Hall–Kier alpha value is -1.85. The summed E-state index contributed by atoms with van der Waals surface area (Å²) in [5.41, 5.74) is 3.82. The first-order valence-electron chi connectivity index (χ1n) is 5.33. The molecule has 0 radical (unpaired) electrons. The van der Waals surface area contributed by atoms with E-state index in [0.717, 1.165) is 17.0 Å². The standard InChI is InChI=1S/C12H16F2N2O2/c1-12(2,3)18-11(17)16(4)10-7(13)5-6-8(15)9(10)14/h5-6H,15H2,1-4H3. The van der Waals surface area contributed by atoms with Crippen LogP contribution in [0.15, 0.2) is 12.1 Å². The Kier molecular flexibility index (Phi) is 3.79. The first-order chi connectivity index (χ1) is 8.13. The van der Waals surface area contributed by atoms with Crippen LogP contribution in [0.1, 0.15) is 20.8 Å². The van der Waals surface area contributed by atoms with E-state index in [9.17, 15) is 13.6 Å². The van der Waals surface area contributed by atoms with E-state index < -0.39 is 29.0 Å². The summed E-state index contributed by atoms with van der Waals surface area (Å²) < 4.78 is 32.2. The van der Waals surface area contributed by atoms with Crippen LogP contribution in [-0.4, -0.2) is 18.7 Å². The van der Waals surface area contributed by atoms with Gasteiger partial charge in [-0.25, -0.2) is 13.6 Å². The first kappa shape index (κ1) is 14.2. The third kappa shape index (κ3) is 3.09. The van der Waals surface area contributed by atoms with Crippen LogP contribution in [0.3, 0.4) is 0 Å². The molecule has 0 bridgehead atoms. The quantitative estimate of drug-likeness (QED) is 0.788. The molecule has 0 aliphatic rings. The molecule has 1 aromatic rings. The first-order valence-corrected chi connectivity index (χ1v) is 5.33. The Labute approximate surface area is 104 Å². The van der Waals surface area contributed by atoms with E-state index in [1.165, 1.54) is 7.05 Å². The lowest BCUT2D eigenvalue weighted by Gasteiger charge is -2.25. The second-order valence-corrected chi connectivity index (χ2v) is 4.84. The second-order valence-electron chi connectivity index (χ2n) is 4.84. The van der Waals surface area contributed by atoms with Gasteiger partial charge in [-0.1, -0.05) is 0 Å². The lowest BCUT2D eigenvalue weighted by Crippen LogP contribution is -2.35. The number of ether oxygens (including phenoxy) is 1. The Morgan fingerprint density at radius 3 is 2.39 bits per heavy atom. The van der Waals surface area contributed by atoms with Crippen molar-refractivity contribution in [1.82, 2.24) is 0 Å². The summed E-state index contributed by atoms with van der Waals surface area (Å²) in [7, 11) is 1.22. The largest absolute Gasteiger partial charge is 0.443 e. The zero-order chi connectivity index (χ0) is 14.1. The van der Waals surface area contributed by atoms with E-state index in [-0.39, 0.29) is 5.69 Å². The van der Waals surface area contributed by atoms with Gasteiger partial charge in [-0.05, 0) is 32.9 Å². The molecule has 0 saturated carbocycles. The number of carbonyl (C=O) groups excluding carboxylic acids is 1. The summed E-state index contributed by atoms with van der Waals surface area (Å²) in [4.78, 5) is 12.5. The van der Waals surface area contributed by atoms with E-state index in [2.05, 4.69) is 0 Å². The van der Waals surface area contributed by atoms with Gasteiger partial charge in [-0.2, -0.15) is 0 Å². The molecule has 6 heteroatoms. The number of nitrogens with two attached hydrogens (primary N) is 1. The molecule has 0 spiro atoms. The van der Waals surface area contributed by atoms with Gasteiger partial charge < -0.3 is 10.5 Å². The highest BCUT2D eigenvalue weighted by Gasteiger charge is 2.25. The molecular formula is C12H16F2N2O2. The van der Waals surface area contributed by atoms with E-state index in [0.29, 0.717) is 0 Å². The number of benzene rings is 1. The summed E-state index contributed by atoms with van der Waals surface area (Å²) in [5.74, 6) is -1.86. The number of anilines is 2. The number of hydrogen-bond donors (Lipinski definition) is 1. The van der Waals surface area contributed by atoms with Gasteiger partial charge >= 0.3 is 6.09 Å². The summed E-state index contributed by atoms with van der Waals surface area (Å²) in [6, 6.07) is 2.09. The average Bonchev–Trinajstić information content (AvgIpc) is 2.21. The predicted octanol–water partition coefficient (Wildman–Crippen LogP) is 2.92. The molecule has 0 heterocycles. The predicted molar refractivity (Wildman–Crippen MR) is 65.4 cm³/mol. The zero-order valence-corrected chi connectivity index (χ0v) is 10.8. The van der Waals surface area contributed by atoms with Gasteiger partial charge in [0.25, 0.3) is 0 Å². The topological polar surface area (TPSA) is 55.6 Å². The number of carbonyl (C=O) groups is 1. The van der Waals surface area contributed by atoms with Crippen LogP contribution < -0.4 is 10.6 Å². The number of rotatable bonds is 1. The molecule has 4 nitrogen and oxygen atoms in total. The number of nitrogen functional groups attached to an aromatic ring is 1. The fourth-order valence-corrected chi connectivity index (χ4v) is 1.29. The second kappa shape index (κ2) is 4.80. The van der Waals surface area contributed by atoms with Crippen LogP contribution in [0.2, 0.25) is 0 Å². The van der Waals surface area contributed by atoms with Crippen LogP contribution >= 0.6 is 0 Å². The highest BCUT2D eigenvalue weighted by Crippen LogP contribution is 2.27. The smallest absolute Gasteiger partial charge is 0.414 e. The van der Waals surface area contributed by atoms with Gasteiger partial charge in [0.2, 0.25) is 0 Å². The molecule has 1 aromatic carbocycles. The van der Waals surface area contributed by atoms with Crippen molar-refractivity contribution in [3.63, 3.8) is 0 Å². The van der Waals surface area contributed by atoms with Crippen molar-refractivity contribution >= 4 is 17.5 Å². The van der Waals surface area contributed by atoms with Crippen LogP contribution in [0.5, 0.6) is 0 Å². The van der Waals surface area contributed by atoms with Crippen molar-refractivity contribution in [3.05, 3.63) is 23.8 Å². The van der Waals surface area contributed by atoms with Gasteiger partial charge in [0, 0.05) is 7.05 Å². The number of hydrogen-bond acceptors (Lipinski definition) is 3. The lowest BCUT2D eigenvalue weighted by atomic mass is 10.2. The third-order valence-electron chi connectivity index (χ3n) is 2.10. The summed E-state index contributed by atoms with van der Waals surface area (Å²) in [6.45, 7) is 4.97. The molecule has 100 valence electrons. The monoisotopic (exact) mass is 258 g/mol. The molecule has 0 saturated heterocycles. The molecule has 0 aliphatic carbocycles. The van der Waals surface area contributed by atoms with Crippen LogP contribution in [-0.2, 0) is 4.74 Å². The zero-order valence-electron chi connectivity index (χ0n) is 10.8. The van der Waals surface area contributed by atoms with Crippen molar-refractivity contribution in [1.29, 1.82) is 0 Å². The maximum absolute atomic E-state index is 13.7. The van der Waals surface area contributed by atoms with Crippen LogP contribution in [0, 0.1) is 11.6 Å². The minimum Gasteiger partial charge on any atom is -0.443 e. The Balaban J connectivity index is 3.08. The van der Waals surface area contributed by atoms with Gasteiger partial charge in [0.15, 0.2) is 5.82 Å². The molecule has 0 unspecified atom stereocenters. The minimum atomic E-state index is -0.983. The normalized spacial score (nSPS) is 11.2. The lowest BCUT2D eigenvalue weighted by molar-refractivity contribution is 0.0587. The van der Waals surface area contributed by atoms with Crippen molar-refractivity contribution < 1.29 is 18.3 Å². The van der Waals surface area contributed by atoms with Crippen LogP contribution in [0.4, 0.5) is 25.0 Å². The van der Waals surface area contributed by atoms with Crippen LogP contribution in [0.25, 0.3) is 0 Å². The molecule has 18 heavy (non-hydrogen) atoms. The Morgan fingerprint density at radius 2 is 1.89 bits per heavy atom. The summed E-state index contributed by atoms with van der Waals surface area (Å²) >= 11 is 0. The van der Waals surface area contributed by atoms with Gasteiger partial charge in [0.1, 0.15) is 17.1 Å². The molecule has 0 fully saturated rings. The molecule has 0 atom stereocenters. The van der Waals surface area contributed by atoms with Crippen molar-refractivity contribution in [2.75, 3.05) is 17.7 Å². The number of halogens is 2. The van der Waals surface area contributed by atoms with Crippen molar-refractivity contribution in [2.45, 2.75) is 26.4 Å². The summed E-state index contributed by atoms with van der Waals surface area (Å²) in [6.07, 6.45) is -0.856. The highest BCUT2D eigenvalue weighted by atomic mass is 19.1. The van der Waals surface area contributed by atoms with Crippen molar-refractivity contribution in [3.8, 4) is 0 Å². The van der Waals surface area contributed by atoms with E-state index in [4.69, 9.17) is 10.5 Å². The molecule has 0 aliphatic heterocycles. The molecule has 1 rings (SSSR count). The third-order valence-corrected chi connectivity index (χ3v) is 2.10. The molecular weight excluding hydrogens is 242 g/mol. The SMILES string of the molecule is CN(C(=O)OC(C)(C)C)c1c(F)ccc(N)c1F. The van der Waals surface area contributed by atoms with E-state index >= 15 is 0 Å². The van der Waals surface area contributed by atoms with Gasteiger partial charge in [0.05, 0.1) is 5.69 Å². The number of amides is 1. The molecule has 2 N–H and O–H groups in total. The van der Waals surface area contributed by atoms with E-state index in [1.807, 2.05) is 0 Å². The van der Waals surface area contributed by atoms with Gasteiger partial charge in [-0.3, -0.25) is 4.90 Å². The fourth-order valence-electron chi connectivity index (χ4n) is 1.29. The Bertz CT molecular complexity index is 470. The van der Waals surface area contributed by atoms with Gasteiger partial charge in [-0.15, -0.1) is 0 Å². The molecule has 0 aromatic heterocycles.